The fraction of sp³-hybridized carbons (Fsp3) is 0.500. The summed E-state index contributed by atoms with van der Waals surface area (Å²) in [6.45, 7) is 0.608. The van der Waals surface area contributed by atoms with Gasteiger partial charge in [0.15, 0.2) is 0 Å². The van der Waals surface area contributed by atoms with Crippen LogP contribution in [0.25, 0.3) is 0 Å². The molecule has 1 rings (SSSR count). The number of anilines is 2. The number of methoxy groups -OCH3 is 1. The molecule has 0 aliphatic carbocycles. The van der Waals surface area contributed by atoms with Gasteiger partial charge in [0.25, 0.3) is 0 Å². The Morgan fingerprint density at radius 3 is 2.45 bits per heavy atom. The number of rotatable bonds is 8. The maximum absolute atomic E-state index is 11.2. The first-order valence-electron chi connectivity index (χ1n) is 6.73. The summed E-state index contributed by atoms with van der Waals surface area (Å²) in [5, 5.41) is 42.9. The van der Waals surface area contributed by atoms with Crippen molar-refractivity contribution >= 4 is 17.3 Å². The molecule has 0 fully saturated rings. The van der Waals surface area contributed by atoms with E-state index < -0.39 is 24.9 Å². The van der Waals surface area contributed by atoms with Crippen LogP contribution in [0.1, 0.15) is 6.92 Å². The summed E-state index contributed by atoms with van der Waals surface area (Å²) < 4.78 is 5.09. The summed E-state index contributed by atoms with van der Waals surface area (Å²) in [6, 6.07) is 4.91. The average Bonchev–Trinajstić information content (AvgIpc) is 2.51. The third-order valence-corrected chi connectivity index (χ3v) is 3.01. The number of ether oxygens (including phenoxy) is 1. The van der Waals surface area contributed by atoms with Crippen LogP contribution in [0.4, 0.5) is 11.4 Å². The highest BCUT2D eigenvalue weighted by Crippen LogP contribution is 2.27. The lowest BCUT2D eigenvalue weighted by Gasteiger charge is -2.23. The summed E-state index contributed by atoms with van der Waals surface area (Å²) in [7, 11) is 1.49. The van der Waals surface area contributed by atoms with Gasteiger partial charge in [-0.15, -0.1) is 0 Å². The molecule has 0 bridgehead atoms. The highest BCUT2D eigenvalue weighted by atomic mass is 16.5. The van der Waals surface area contributed by atoms with Gasteiger partial charge in [-0.3, -0.25) is 4.79 Å². The molecule has 1 aromatic carbocycles. The van der Waals surface area contributed by atoms with Crippen molar-refractivity contribution in [1.29, 1.82) is 0 Å². The number of carbonyl (C=O) groups is 1. The van der Waals surface area contributed by atoms with Crippen LogP contribution >= 0.6 is 0 Å². The minimum atomic E-state index is -1.49. The Bertz CT molecular complexity index is 496. The van der Waals surface area contributed by atoms with Crippen molar-refractivity contribution in [2.24, 2.45) is 0 Å². The van der Waals surface area contributed by atoms with E-state index in [1.54, 1.807) is 18.2 Å². The lowest BCUT2D eigenvalue weighted by molar-refractivity contribution is -0.114. The summed E-state index contributed by atoms with van der Waals surface area (Å²) in [5.74, 6) is 0.284. The molecule has 8 heteroatoms. The number of aliphatic hydroxyl groups excluding tert-OH is 4. The molecule has 6 N–H and O–H groups in total. The van der Waals surface area contributed by atoms with Crippen molar-refractivity contribution in [3.05, 3.63) is 18.2 Å². The second kappa shape index (κ2) is 8.54. The number of benzene rings is 1. The van der Waals surface area contributed by atoms with E-state index in [0.29, 0.717) is 17.1 Å². The van der Waals surface area contributed by atoms with E-state index in [1.807, 2.05) is 0 Å². The standard InChI is InChI=1S/C14H22N2O6/c1-8(18)16-10-4-3-9(22-2)5-11(10)15-6-12(19)14(21)13(20)7-17/h3-5,12-15,17,19-21H,6-7H2,1-2H3,(H,16,18). The molecule has 0 spiro atoms. The van der Waals surface area contributed by atoms with Crippen LogP contribution in [0.5, 0.6) is 5.75 Å². The largest absolute Gasteiger partial charge is 0.497 e. The Morgan fingerprint density at radius 2 is 1.91 bits per heavy atom. The Labute approximate surface area is 128 Å². The summed E-state index contributed by atoms with van der Waals surface area (Å²) in [6.07, 6.45) is -4.23. The highest BCUT2D eigenvalue weighted by Gasteiger charge is 2.24. The van der Waals surface area contributed by atoms with Gasteiger partial charge in [0, 0.05) is 19.5 Å². The van der Waals surface area contributed by atoms with Gasteiger partial charge in [-0.2, -0.15) is 0 Å². The lowest BCUT2D eigenvalue weighted by Crippen LogP contribution is -2.42. The van der Waals surface area contributed by atoms with E-state index in [-0.39, 0.29) is 12.5 Å². The number of amides is 1. The number of hydrogen-bond donors (Lipinski definition) is 6. The quantitative estimate of drug-likeness (QED) is 0.368. The van der Waals surface area contributed by atoms with E-state index in [1.165, 1.54) is 14.0 Å². The fourth-order valence-corrected chi connectivity index (χ4v) is 1.79. The van der Waals surface area contributed by atoms with Crippen molar-refractivity contribution in [3.63, 3.8) is 0 Å². The van der Waals surface area contributed by atoms with Gasteiger partial charge >= 0.3 is 0 Å². The Morgan fingerprint density at radius 1 is 1.23 bits per heavy atom. The van der Waals surface area contributed by atoms with Gasteiger partial charge in [0.05, 0.1) is 31.2 Å². The molecule has 1 aromatic rings. The Hall–Kier alpha value is -1.87. The number of aliphatic hydroxyl groups is 4. The van der Waals surface area contributed by atoms with Gasteiger partial charge in [0.2, 0.25) is 5.91 Å². The predicted molar refractivity (Wildman–Crippen MR) is 80.9 cm³/mol. The third kappa shape index (κ3) is 5.15. The molecule has 0 saturated carbocycles. The third-order valence-electron chi connectivity index (χ3n) is 3.01. The second-order valence-corrected chi connectivity index (χ2v) is 4.78. The molecule has 3 atom stereocenters. The van der Waals surface area contributed by atoms with E-state index >= 15 is 0 Å². The maximum Gasteiger partial charge on any atom is 0.221 e. The molecule has 3 unspecified atom stereocenters. The van der Waals surface area contributed by atoms with E-state index in [9.17, 15) is 20.1 Å². The lowest BCUT2D eigenvalue weighted by atomic mass is 10.1. The molecule has 0 heterocycles. The van der Waals surface area contributed by atoms with Gasteiger partial charge in [-0.25, -0.2) is 0 Å². The molecule has 0 aliphatic rings. The zero-order chi connectivity index (χ0) is 16.7. The topological polar surface area (TPSA) is 131 Å². The van der Waals surface area contributed by atoms with Crippen LogP contribution in [-0.2, 0) is 4.79 Å². The van der Waals surface area contributed by atoms with Gasteiger partial charge in [0.1, 0.15) is 18.0 Å². The van der Waals surface area contributed by atoms with Crippen LogP contribution in [0, 0.1) is 0 Å². The predicted octanol–water partition coefficient (Wildman–Crippen LogP) is -0.860. The van der Waals surface area contributed by atoms with E-state index in [0.717, 1.165) is 0 Å². The van der Waals surface area contributed by atoms with Crippen LogP contribution in [-0.4, -0.2) is 64.9 Å². The van der Waals surface area contributed by atoms with E-state index in [2.05, 4.69) is 10.6 Å². The molecule has 22 heavy (non-hydrogen) atoms. The molecule has 8 nitrogen and oxygen atoms in total. The summed E-state index contributed by atoms with van der Waals surface area (Å²) >= 11 is 0. The maximum atomic E-state index is 11.2. The first-order chi connectivity index (χ1) is 10.4. The fourth-order valence-electron chi connectivity index (χ4n) is 1.79. The monoisotopic (exact) mass is 314 g/mol. The minimum Gasteiger partial charge on any atom is -0.497 e. The SMILES string of the molecule is COc1ccc(NC(C)=O)c(NCC(O)C(O)C(O)CO)c1. The van der Waals surface area contributed by atoms with Crippen molar-refractivity contribution in [3.8, 4) is 5.75 Å². The van der Waals surface area contributed by atoms with Crippen LogP contribution in [0.2, 0.25) is 0 Å². The number of hydrogen-bond acceptors (Lipinski definition) is 7. The van der Waals surface area contributed by atoms with Gasteiger partial charge in [-0.05, 0) is 12.1 Å². The summed E-state index contributed by atoms with van der Waals surface area (Å²) in [5.41, 5.74) is 0.969. The first kappa shape index (κ1) is 18.2. The molecule has 0 aliphatic heterocycles. The van der Waals surface area contributed by atoms with Gasteiger partial charge in [-0.1, -0.05) is 0 Å². The smallest absolute Gasteiger partial charge is 0.221 e. The van der Waals surface area contributed by atoms with Crippen molar-refractivity contribution in [1.82, 2.24) is 0 Å². The molecule has 0 radical (unpaired) electrons. The molecular weight excluding hydrogens is 292 g/mol. The Kier molecular flexibility index (Phi) is 7.06. The normalized spacial score (nSPS) is 14.8. The average molecular weight is 314 g/mol. The van der Waals surface area contributed by atoms with Crippen LogP contribution in [0.3, 0.4) is 0 Å². The molecule has 0 aromatic heterocycles. The number of nitrogens with one attached hydrogen (secondary N) is 2. The zero-order valence-corrected chi connectivity index (χ0v) is 12.5. The van der Waals surface area contributed by atoms with Crippen molar-refractivity contribution in [2.45, 2.75) is 25.2 Å². The molecular formula is C14H22N2O6. The zero-order valence-electron chi connectivity index (χ0n) is 12.5. The first-order valence-corrected chi connectivity index (χ1v) is 6.73. The van der Waals surface area contributed by atoms with Crippen molar-refractivity contribution < 1.29 is 30.0 Å². The number of carbonyl (C=O) groups excluding carboxylic acids is 1. The highest BCUT2D eigenvalue weighted by molar-refractivity contribution is 5.92. The molecule has 124 valence electrons. The Balaban J connectivity index is 2.80. The molecule has 0 saturated heterocycles. The van der Waals surface area contributed by atoms with Crippen LogP contribution in [0.15, 0.2) is 18.2 Å². The van der Waals surface area contributed by atoms with Gasteiger partial charge < -0.3 is 35.8 Å². The van der Waals surface area contributed by atoms with Crippen molar-refractivity contribution in [2.75, 3.05) is 30.9 Å². The van der Waals surface area contributed by atoms with E-state index in [4.69, 9.17) is 9.84 Å². The summed E-state index contributed by atoms with van der Waals surface area (Å²) in [4.78, 5) is 11.2. The van der Waals surface area contributed by atoms with Crippen LogP contribution < -0.4 is 15.4 Å². The molecule has 1 amide bonds. The minimum absolute atomic E-state index is 0.0992. The second-order valence-electron chi connectivity index (χ2n) is 4.78.